The zero-order chi connectivity index (χ0) is 11.5. The molecule has 2 atom stereocenters. The van der Waals surface area contributed by atoms with E-state index in [1.54, 1.807) is 0 Å². The molecule has 1 aliphatic heterocycles. The molecule has 0 aliphatic carbocycles. The van der Waals surface area contributed by atoms with E-state index in [-0.39, 0.29) is 0 Å². The first-order valence-electron chi connectivity index (χ1n) is 5.64. The predicted molar refractivity (Wildman–Crippen MR) is 68.7 cm³/mol. The van der Waals surface area contributed by atoms with Crippen LogP contribution in [0.15, 0.2) is 16.6 Å². The summed E-state index contributed by atoms with van der Waals surface area (Å²) in [6.07, 6.45) is 1.14. The van der Waals surface area contributed by atoms with Crippen LogP contribution in [-0.4, -0.2) is 24.2 Å². The van der Waals surface area contributed by atoms with Crippen LogP contribution in [0.4, 0.5) is 5.82 Å². The number of anilines is 1. The highest BCUT2D eigenvalue weighted by Crippen LogP contribution is 2.21. The molecule has 1 aliphatic rings. The van der Waals surface area contributed by atoms with Crippen molar-refractivity contribution in [1.29, 1.82) is 0 Å². The van der Waals surface area contributed by atoms with E-state index in [9.17, 15) is 0 Å². The SMILES string of the molecule is Cc1nc(N[C@@H](C)[C@@H]2CCOC2)ccc1Br. The van der Waals surface area contributed by atoms with Crippen molar-refractivity contribution >= 4 is 21.7 Å². The third kappa shape index (κ3) is 2.74. The summed E-state index contributed by atoms with van der Waals surface area (Å²) in [4.78, 5) is 4.49. The van der Waals surface area contributed by atoms with E-state index in [2.05, 4.69) is 33.2 Å². The Bertz CT molecular complexity index is 364. The van der Waals surface area contributed by atoms with Crippen LogP contribution in [-0.2, 0) is 4.74 Å². The second kappa shape index (κ2) is 5.15. The average molecular weight is 285 g/mol. The zero-order valence-electron chi connectivity index (χ0n) is 9.66. The van der Waals surface area contributed by atoms with Gasteiger partial charge in [0.25, 0.3) is 0 Å². The van der Waals surface area contributed by atoms with Gasteiger partial charge in [0, 0.05) is 23.0 Å². The molecule has 3 nitrogen and oxygen atoms in total. The summed E-state index contributed by atoms with van der Waals surface area (Å²) in [5.41, 5.74) is 1.01. The minimum Gasteiger partial charge on any atom is -0.381 e. The molecule has 1 aromatic rings. The monoisotopic (exact) mass is 284 g/mol. The fraction of sp³-hybridized carbons (Fsp3) is 0.583. The third-order valence-electron chi connectivity index (χ3n) is 3.07. The van der Waals surface area contributed by atoms with E-state index in [4.69, 9.17) is 4.74 Å². The lowest BCUT2D eigenvalue weighted by atomic mass is 10.0. The van der Waals surface area contributed by atoms with E-state index in [1.807, 2.05) is 19.1 Å². The van der Waals surface area contributed by atoms with Crippen molar-refractivity contribution in [3.05, 3.63) is 22.3 Å². The Morgan fingerprint density at radius 2 is 2.38 bits per heavy atom. The van der Waals surface area contributed by atoms with Crippen molar-refractivity contribution in [3.8, 4) is 0 Å². The van der Waals surface area contributed by atoms with Gasteiger partial charge in [0.2, 0.25) is 0 Å². The predicted octanol–water partition coefficient (Wildman–Crippen LogP) is 2.99. The van der Waals surface area contributed by atoms with E-state index in [0.717, 1.165) is 35.6 Å². The third-order valence-corrected chi connectivity index (χ3v) is 3.91. The quantitative estimate of drug-likeness (QED) is 0.927. The lowest BCUT2D eigenvalue weighted by Crippen LogP contribution is -2.26. The molecule has 0 amide bonds. The smallest absolute Gasteiger partial charge is 0.126 e. The van der Waals surface area contributed by atoms with Crippen LogP contribution >= 0.6 is 15.9 Å². The maximum absolute atomic E-state index is 5.39. The van der Waals surface area contributed by atoms with Gasteiger partial charge in [-0.25, -0.2) is 4.98 Å². The van der Waals surface area contributed by atoms with E-state index >= 15 is 0 Å². The van der Waals surface area contributed by atoms with Gasteiger partial charge < -0.3 is 10.1 Å². The molecule has 0 unspecified atom stereocenters. The number of rotatable bonds is 3. The summed E-state index contributed by atoms with van der Waals surface area (Å²) >= 11 is 3.45. The van der Waals surface area contributed by atoms with Gasteiger partial charge in [-0.2, -0.15) is 0 Å². The number of pyridine rings is 1. The number of ether oxygens (including phenoxy) is 1. The molecule has 2 heterocycles. The van der Waals surface area contributed by atoms with Crippen LogP contribution in [0.2, 0.25) is 0 Å². The molecular formula is C12H17BrN2O. The molecule has 1 fully saturated rings. The van der Waals surface area contributed by atoms with Crippen LogP contribution in [0, 0.1) is 12.8 Å². The van der Waals surface area contributed by atoms with E-state index in [1.165, 1.54) is 0 Å². The molecule has 0 spiro atoms. The van der Waals surface area contributed by atoms with Crippen LogP contribution in [0.25, 0.3) is 0 Å². The minimum absolute atomic E-state index is 0.413. The normalized spacial score (nSPS) is 22.1. The molecule has 1 saturated heterocycles. The molecule has 0 bridgehead atoms. The van der Waals surface area contributed by atoms with Gasteiger partial charge in [0.15, 0.2) is 0 Å². The van der Waals surface area contributed by atoms with E-state index in [0.29, 0.717) is 12.0 Å². The van der Waals surface area contributed by atoms with Crippen LogP contribution in [0.5, 0.6) is 0 Å². The first-order valence-corrected chi connectivity index (χ1v) is 6.43. The second-order valence-electron chi connectivity index (χ2n) is 4.32. The summed E-state index contributed by atoms with van der Waals surface area (Å²) in [7, 11) is 0. The number of nitrogens with one attached hydrogen (secondary N) is 1. The van der Waals surface area contributed by atoms with Crippen molar-refractivity contribution in [2.45, 2.75) is 26.3 Å². The minimum atomic E-state index is 0.413. The molecule has 1 aromatic heterocycles. The Hall–Kier alpha value is -0.610. The summed E-state index contributed by atoms with van der Waals surface area (Å²) in [5.74, 6) is 1.55. The molecule has 88 valence electrons. The maximum Gasteiger partial charge on any atom is 0.126 e. The molecule has 2 rings (SSSR count). The van der Waals surface area contributed by atoms with Crippen molar-refractivity contribution in [2.75, 3.05) is 18.5 Å². The Labute approximate surface area is 105 Å². The van der Waals surface area contributed by atoms with Gasteiger partial charge in [-0.3, -0.25) is 0 Å². The number of aromatic nitrogens is 1. The Morgan fingerprint density at radius 1 is 1.56 bits per heavy atom. The van der Waals surface area contributed by atoms with Crippen molar-refractivity contribution < 1.29 is 4.74 Å². The molecule has 4 heteroatoms. The maximum atomic E-state index is 5.39. The first-order chi connectivity index (χ1) is 7.66. The molecular weight excluding hydrogens is 268 g/mol. The zero-order valence-corrected chi connectivity index (χ0v) is 11.3. The molecule has 1 N–H and O–H groups in total. The molecule has 0 aromatic carbocycles. The number of halogens is 1. The van der Waals surface area contributed by atoms with Crippen LogP contribution in [0.1, 0.15) is 19.0 Å². The van der Waals surface area contributed by atoms with Gasteiger partial charge in [0.1, 0.15) is 5.82 Å². The molecule has 0 saturated carbocycles. The van der Waals surface area contributed by atoms with Gasteiger partial charge in [-0.15, -0.1) is 0 Å². The lowest BCUT2D eigenvalue weighted by molar-refractivity contribution is 0.183. The Balaban J connectivity index is 1.99. The Morgan fingerprint density at radius 3 is 3.00 bits per heavy atom. The number of hydrogen-bond donors (Lipinski definition) is 1. The fourth-order valence-electron chi connectivity index (χ4n) is 1.92. The number of hydrogen-bond acceptors (Lipinski definition) is 3. The second-order valence-corrected chi connectivity index (χ2v) is 5.17. The summed E-state index contributed by atoms with van der Waals surface area (Å²) in [5, 5.41) is 3.44. The lowest BCUT2D eigenvalue weighted by Gasteiger charge is -2.20. The summed E-state index contributed by atoms with van der Waals surface area (Å²) in [6, 6.07) is 4.45. The van der Waals surface area contributed by atoms with Crippen molar-refractivity contribution in [2.24, 2.45) is 5.92 Å². The van der Waals surface area contributed by atoms with Crippen molar-refractivity contribution in [1.82, 2.24) is 4.98 Å². The highest BCUT2D eigenvalue weighted by molar-refractivity contribution is 9.10. The van der Waals surface area contributed by atoms with E-state index < -0.39 is 0 Å². The largest absolute Gasteiger partial charge is 0.381 e. The molecule has 16 heavy (non-hydrogen) atoms. The fourth-order valence-corrected chi connectivity index (χ4v) is 2.14. The summed E-state index contributed by atoms with van der Waals surface area (Å²) in [6.45, 7) is 5.95. The Kier molecular flexibility index (Phi) is 3.82. The van der Waals surface area contributed by atoms with Gasteiger partial charge >= 0.3 is 0 Å². The van der Waals surface area contributed by atoms with Gasteiger partial charge in [0.05, 0.1) is 12.3 Å². The highest BCUT2D eigenvalue weighted by Gasteiger charge is 2.22. The van der Waals surface area contributed by atoms with Crippen LogP contribution in [0.3, 0.4) is 0 Å². The number of nitrogens with zero attached hydrogens (tertiary/aromatic N) is 1. The summed E-state index contributed by atoms with van der Waals surface area (Å²) < 4.78 is 6.44. The standard InChI is InChI=1S/C12H17BrN2O/c1-8(10-5-6-16-7-10)14-12-4-3-11(13)9(2)15-12/h3-4,8,10H,5-7H2,1-2H3,(H,14,15)/t8-,10+/m0/s1. The molecule has 0 radical (unpaired) electrons. The number of aryl methyl sites for hydroxylation is 1. The topological polar surface area (TPSA) is 34.2 Å². The van der Waals surface area contributed by atoms with Crippen LogP contribution < -0.4 is 5.32 Å². The average Bonchev–Trinajstić information content (AvgIpc) is 2.77. The van der Waals surface area contributed by atoms with Crippen molar-refractivity contribution in [3.63, 3.8) is 0 Å². The van der Waals surface area contributed by atoms with Gasteiger partial charge in [-0.05, 0) is 48.3 Å². The highest BCUT2D eigenvalue weighted by atomic mass is 79.9. The first kappa shape index (κ1) is 11.9. The van der Waals surface area contributed by atoms with Gasteiger partial charge in [-0.1, -0.05) is 0 Å².